The number of alkyl halides is 1. The second-order valence-electron chi connectivity index (χ2n) is 4.27. The van der Waals surface area contributed by atoms with E-state index in [-0.39, 0.29) is 5.38 Å². The van der Waals surface area contributed by atoms with Crippen LogP contribution < -0.4 is 0 Å². The lowest BCUT2D eigenvalue weighted by molar-refractivity contribution is 1.12. The first kappa shape index (κ1) is 13.1. The molecule has 0 saturated heterocycles. The van der Waals surface area contributed by atoms with Crippen LogP contribution in [0.15, 0.2) is 28.1 Å². The van der Waals surface area contributed by atoms with Gasteiger partial charge in [-0.15, -0.1) is 22.9 Å². The maximum atomic E-state index is 6.56. The predicted octanol–water partition coefficient (Wildman–Crippen LogP) is 5.76. The fourth-order valence-corrected chi connectivity index (χ4v) is 3.99. The molecule has 1 aromatic carbocycles. The van der Waals surface area contributed by atoms with Gasteiger partial charge in [0, 0.05) is 4.88 Å². The Bertz CT molecular complexity index is 545. The summed E-state index contributed by atoms with van der Waals surface area (Å²) in [6, 6.07) is 8.55. The molecule has 3 heteroatoms. The zero-order valence-corrected chi connectivity index (χ0v) is 13.2. The van der Waals surface area contributed by atoms with Crippen LogP contribution in [0.2, 0.25) is 0 Å². The smallest absolute Gasteiger partial charge is 0.0846 e. The van der Waals surface area contributed by atoms with Gasteiger partial charge in [0.15, 0.2) is 0 Å². The molecule has 0 amide bonds. The van der Waals surface area contributed by atoms with E-state index >= 15 is 0 Å². The van der Waals surface area contributed by atoms with Crippen molar-refractivity contribution < 1.29 is 0 Å². The standard InChI is InChI=1S/C14H14BrClS/c1-8-4-5-11(6-9(8)2)14(16)12-7-13(15)17-10(12)3/h4-7,14H,1-3H3. The maximum Gasteiger partial charge on any atom is 0.0846 e. The van der Waals surface area contributed by atoms with Crippen LogP contribution in [0.3, 0.4) is 0 Å². The van der Waals surface area contributed by atoms with E-state index in [0.717, 1.165) is 3.79 Å². The minimum Gasteiger partial charge on any atom is -0.133 e. The summed E-state index contributed by atoms with van der Waals surface area (Å²) >= 11 is 11.8. The van der Waals surface area contributed by atoms with E-state index in [0.29, 0.717) is 0 Å². The molecular weight excluding hydrogens is 316 g/mol. The van der Waals surface area contributed by atoms with Gasteiger partial charge in [-0.1, -0.05) is 18.2 Å². The molecule has 0 aliphatic heterocycles. The quantitative estimate of drug-likeness (QED) is 0.614. The summed E-state index contributed by atoms with van der Waals surface area (Å²) < 4.78 is 1.14. The van der Waals surface area contributed by atoms with Crippen molar-refractivity contribution in [3.8, 4) is 0 Å². The summed E-state index contributed by atoms with van der Waals surface area (Å²) in [4.78, 5) is 1.27. The average Bonchev–Trinajstić information content (AvgIpc) is 2.61. The molecule has 0 bridgehead atoms. The molecule has 2 aromatic rings. The van der Waals surface area contributed by atoms with E-state index in [4.69, 9.17) is 11.6 Å². The summed E-state index contributed by atoms with van der Waals surface area (Å²) in [6.07, 6.45) is 0. The van der Waals surface area contributed by atoms with E-state index in [2.05, 4.69) is 61.0 Å². The largest absolute Gasteiger partial charge is 0.133 e. The summed E-state index contributed by atoms with van der Waals surface area (Å²) in [5.41, 5.74) is 4.97. The molecule has 1 aromatic heterocycles. The number of aryl methyl sites for hydroxylation is 3. The molecule has 2 rings (SSSR count). The zero-order valence-electron chi connectivity index (χ0n) is 10.1. The first-order valence-corrected chi connectivity index (χ1v) is 7.50. The fourth-order valence-electron chi connectivity index (χ4n) is 1.81. The van der Waals surface area contributed by atoms with E-state index in [1.54, 1.807) is 11.3 Å². The van der Waals surface area contributed by atoms with Crippen molar-refractivity contribution in [1.82, 2.24) is 0 Å². The number of halogens is 2. The molecule has 0 saturated carbocycles. The first-order valence-electron chi connectivity index (χ1n) is 5.46. The minimum atomic E-state index is -0.0585. The van der Waals surface area contributed by atoms with Crippen molar-refractivity contribution in [2.75, 3.05) is 0 Å². The van der Waals surface area contributed by atoms with Crippen LogP contribution in [0.25, 0.3) is 0 Å². The molecular formula is C14H14BrClS. The average molecular weight is 330 g/mol. The summed E-state index contributed by atoms with van der Waals surface area (Å²) in [6.45, 7) is 6.36. The van der Waals surface area contributed by atoms with Crippen LogP contribution in [-0.2, 0) is 0 Å². The van der Waals surface area contributed by atoms with E-state index < -0.39 is 0 Å². The summed E-state index contributed by atoms with van der Waals surface area (Å²) in [5.74, 6) is 0. The fraction of sp³-hybridized carbons (Fsp3) is 0.286. The highest BCUT2D eigenvalue weighted by atomic mass is 79.9. The molecule has 0 radical (unpaired) electrons. The monoisotopic (exact) mass is 328 g/mol. The normalized spacial score (nSPS) is 12.8. The van der Waals surface area contributed by atoms with Crippen molar-refractivity contribution in [1.29, 1.82) is 0 Å². The number of hydrogen-bond donors (Lipinski definition) is 0. The minimum absolute atomic E-state index is 0.0585. The first-order chi connectivity index (χ1) is 7.99. The molecule has 1 atom stereocenters. The zero-order chi connectivity index (χ0) is 12.6. The Morgan fingerprint density at radius 3 is 2.35 bits per heavy atom. The molecule has 0 nitrogen and oxygen atoms in total. The number of benzene rings is 1. The molecule has 90 valence electrons. The predicted molar refractivity (Wildman–Crippen MR) is 80.4 cm³/mol. The molecule has 0 aliphatic rings. The van der Waals surface area contributed by atoms with Crippen molar-refractivity contribution in [3.63, 3.8) is 0 Å². The third-order valence-electron chi connectivity index (χ3n) is 3.02. The van der Waals surface area contributed by atoms with Crippen LogP contribution in [-0.4, -0.2) is 0 Å². The van der Waals surface area contributed by atoms with E-state index in [9.17, 15) is 0 Å². The summed E-state index contributed by atoms with van der Waals surface area (Å²) in [5, 5.41) is -0.0585. The lowest BCUT2D eigenvalue weighted by atomic mass is 10.0. The van der Waals surface area contributed by atoms with Gasteiger partial charge in [-0.25, -0.2) is 0 Å². The third kappa shape index (κ3) is 2.75. The maximum absolute atomic E-state index is 6.56. The molecule has 1 heterocycles. The molecule has 1 unspecified atom stereocenters. The Morgan fingerprint density at radius 1 is 1.12 bits per heavy atom. The van der Waals surface area contributed by atoms with Gasteiger partial charge in [0.1, 0.15) is 0 Å². The van der Waals surface area contributed by atoms with Crippen molar-refractivity contribution >= 4 is 38.9 Å². The second-order valence-corrected chi connectivity index (χ2v) is 7.34. The van der Waals surface area contributed by atoms with Crippen LogP contribution in [0.4, 0.5) is 0 Å². The van der Waals surface area contributed by atoms with E-state index in [1.807, 2.05) is 0 Å². The molecule has 0 N–H and O–H groups in total. The molecule has 0 aliphatic carbocycles. The number of hydrogen-bond acceptors (Lipinski definition) is 1. The third-order valence-corrected chi connectivity index (χ3v) is 5.08. The Hall–Kier alpha value is -0.310. The van der Waals surface area contributed by atoms with Gasteiger partial charge in [-0.3, -0.25) is 0 Å². The number of thiophene rings is 1. The summed E-state index contributed by atoms with van der Waals surface area (Å²) in [7, 11) is 0. The molecule has 17 heavy (non-hydrogen) atoms. The van der Waals surface area contributed by atoms with Gasteiger partial charge < -0.3 is 0 Å². The van der Waals surface area contributed by atoms with Crippen LogP contribution in [0, 0.1) is 20.8 Å². The lowest BCUT2D eigenvalue weighted by Crippen LogP contribution is -1.94. The van der Waals surface area contributed by atoms with Gasteiger partial charge >= 0.3 is 0 Å². The highest BCUT2D eigenvalue weighted by molar-refractivity contribution is 9.11. The lowest BCUT2D eigenvalue weighted by Gasteiger charge is -2.11. The highest BCUT2D eigenvalue weighted by Gasteiger charge is 2.16. The van der Waals surface area contributed by atoms with Gasteiger partial charge in [0.05, 0.1) is 9.16 Å². The second kappa shape index (κ2) is 5.13. The van der Waals surface area contributed by atoms with Crippen LogP contribution >= 0.6 is 38.9 Å². The Balaban J connectivity index is 2.40. The van der Waals surface area contributed by atoms with Crippen molar-refractivity contribution in [2.24, 2.45) is 0 Å². The molecule has 0 spiro atoms. The van der Waals surface area contributed by atoms with E-state index in [1.165, 1.54) is 27.1 Å². The van der Waals surface area contributed by atoms with Crippen molar-refractivity contribution in [2.45, 2.75) is 26.1 Å². The van der Waals surface area contributed by atoms with Gasteiger partial charge in [-0.2, -0.15) is 0 Å². The van der Waals surface area contributed by atoms with Gasteiger partial charge in [0.25, 0.3) is 0 Å². The molecule has 0 fully saturated rings. The van der Waals surface area contributed by atoms with Crippen LogP contribution in [0.1, 0.15) is 32.5 Å². The topological polar surface area (TPSA) is 0 Å². The van der Waals surface area contributed by atoms with Gasteiger partial charge in [0.2, 0.25) is 0 Å². The van der Waals surface area contributed by atoms with Crippen LogP contribution in [0.5, 0.6) is 0 Å². The van der Waals surface area contributed by atoms with Gasteiger partial charge in [-0.05, 0) is 65.0 Å². The highest BCUT2D eigenvalue weighted by Crippen LogP contribution is 2.37. The van der Waals surface area contributed by atoms with Crippen molar-refractivity contribution in [3.05, 3.63) is 55.2 Å². The SMILES string of the molecule is Cc1ccc(C(Cl)c2cc(Br)sc2C)cc1C. The Morgan fingerprint density at radius 2 is 1.82 bits per heavy atom. The Kier molecular flexibility index (Phi) is 3.96. The number of rotatable bonds is 2. The Labute approximate surface area is 120 Å².